The quantitative estimate of drug-likeness (QED) is 0.265. The molecule has 1 N–H and O–H groups in total. The van der Waals surface area contributed by atoms with Crippen molar-refractivity contribution in [2.24, 2.45) is 0 Å². The van der Waals surface area contributed by atoms with Crippen LogP contribution in [0.2, 0.25) is 10.0 Å². The second kappa shape index (κ2) is 9.47. The van der Waals surface area contributed by atoms with Gasteiger partial charge in [-0.25, -0.2) is 0 Å². The SMILES string of the molecule is COc1cc(/C(O)=C2\C(=O)C(=O)N(Cc3cccs3)C2c2ccc(Cl)cc2)c(OC)cc1Cl. The zero-order valence-corrected chi connectivity index (χ0v) is 20.0. The summed E-state index contributed by atoms with van der Waals surface area (Å²) in [5, 5.41) is 14.0. The third kappa shape index (κ3) is 4.31. The molecule has 1 fully saturated rings. The topological polar surface area (TPSA) is 76.1 Å². The van der Waals surface area contributed by atoms with Crippen molar-refractivity contribution < 1.29 is 24.2 Å². The molecule has 4 rings (SSSR count). The lowest BCUT2D eigenvalue weighted by Crippen LogP contribution is -2.28. The molecule has 2 aromatic carbocycles. The van der Waals surface area contributed by atoms with E-state index >= 15 is 0 Å². The number of amides is 1. The van der Waals surface area contributed by atoms with Crippen LogP contribution in [0.15, 0.2) is 59.5 Å². The summed E-state index contributed by atoms with van der Waals surface area (Å²) < 4.78 is 10.6. The smallest absolute Gasteiger partial charge is 0.295 e. The lowest BCUT2D eigenvalue weighted by atomic mass is 9.95. The van der Waals surface area contributed by atoms with E-state index in [-0.39, 0.29) is 40.0 Å². The van der Waals surface area contributed by atoms with Gasteiger partial charge in [0.2, 0.25) is 0 Å². The van der Waals surface area contributed by atoms with Gasteiger partial charge in [-0.2, -0.15) is 0 Å². The molecule has 1 atom stereocenters. The monoisotopic (exact) mass is 503 g/mol. The van der Waals surface area contributed by atoms with Crippen LogP contribution < -0.4 is 9.47 Å². The molecule has 170 valence electrons. The number of nitrogens with zero attached hydrogens (tertiary/aromatic N) is 1. The molecule has 3 aromatic rings. The molecule has 1 aromatic heterocycles. The van der Waals surface area contributed by atoms with Gasteiger partial charge in [-0.3, -0.25) is 9.59 Å². The van der Waals surface area contributed by atoms with Crippen LogP contribution in [-0.4, -0.2) is 35.9 Å². The highest BCUT2D eigenvalue weighted by atomic mass is 35.5. The van der Waals surface area contributed by atoms with Crippen LogP contribution in [0.3, 0.4) is 0 Å². The van der Waals surface area contributed by atoms with Crippen LogP contribution >= 0.6 is 34.5 Å². The summed E-state index contributed by atoms with van der Waals surface area (Å²) in [5.74, 6) is -1.36. The van der Waals surface area contributed by atoms with Crippen LogP contribution in [0.4, 0.5) is 0 Å². The molecule has 2 heterocycles. The Hall–Kier alpha value is -3.00. The van der Waals surface area contributed by atoms with Gasteiger partial charge in [0.25, 0.3) is 11.7 Å². The van der Waals surface area contributed by atoms with Gasteiger partial charge in [-0.15, -0.1) is 11.3 Å². The molecule has 0 saturated carbocycles. The minimum Gasteiger partial charge on any atom is -0.507 e. The van der Waals surface area contributed by atoms with Gasteiger partial charge in [0.15, 0.2) is 0 Å². The number of halogens is 2. The molecule has 0 radical (unpaired) electrons. The summed E-state index contributed by atoms with van der Waals surface area (Å²) >= 11 is 13.7. The Bertz CT molecular complexity index is 1240. The first-order valence-electron chi connectivity index (χ1n) is 9.83. The van der Waals surface area contributed by atoms with Gasteiger partial charge in [-0.05, 0) is 35.2 Å². The average Bonchev–Trinajstić information content (AvgIpc) is 3.41. The Morgan fingerprint density at radius 2 is 1.76 bits per heavy atom. The maximum atomic E-state index is 13.2. The Kier molecular flexibility index (Phi) is 6.65. The number of rotatable bonds is 6. The second-order valence-electron chi connectivity index (χ2n) is 7.24. The minimum absolute atomic E-state index is 0.0541. The second-order valence-corrected chi connectivity index (χ2v) is 9.12. The zero-order valence-electron chi connectivity index (χ0n) is 17.7. The number of methoxy groups -OCH3 is 2. The number of likely N-dealkylation sites (tertiary alicyclic amines) is 1. The third-order valence-corrected chi connectivity index (χ3v) is 6.77. The van der Waals surface area contributed by atoms with E-state index in [0.29, 0.717) is 10.6 Å². The van der Waals surface area contributed by atoms with Crippen molar-refractivity contribution >= 4 is 52.0 Å². The molecule has 9 heteroatoms. The number of ketones is 1. The van der Waals surface area contributed by atoms with Crippen LogP contribution in [0.25, 0.3) is 5.76 Å². The molecule has 1 unspecified atom stereocenters. The fourth-order valence-corrected chi connectivity index (χ4v) is 4.86. The molecule has 1 aliphatic rings. The molecule has 0 spiro atoms. The van der Waals surface area contributed by atoms with Crippen molar-refractivity contribution in [1.29, 1.82) is 0 Å². The van der Waals surface area contributed by atoms with E-state index < -0.39 is 17.7 Å². The maximum Gasteiger partial charge on any atom is 0.295 e. The number of benzene rings is 2. The standard InChI is InChI=1S/C24H19Cl2NO5S/c1-31-18-11-17(26)19(32-2)10-16(18)22(28)20-21(13-5-7-14(25)8-6-13)27(24(30)23(20)29)12-15-4-3-9-33-15/h3-11,21,28H,12H2,1-2H3/b22-20+. The summed E-state index contributed by atoms with van der Waals surface area (Å²) in [7, 11) is 2.85. The lowest BCUT2D eigenvalue weighted by Gasteiger charge is -2.25. The van der Waals surface area contributed by atoms with Crippen molar-refractivity contribution in [3.8, 4) is 11.5 Å². The van der Waals surface area contributed by atoms with E-state index in [1.807, 2.05) is 17.5 Å². The number of thiophene rings is 1. The Labute approximate surface area is 204 Å². The Morgan fingerprint density at radius 3 is 2.36 bits per heavy atom. The van der Waals surface area contributed by atoms with E-state index in [1.54, 1.807) is 24.3 Å². The fourth-order valence-electron chi connectivity index (χ4n) is 3.80. The number of aliphatic hydroxyl groups excluding tert-OH is 1. The molecule has 6 nitrogen and oxygen atoms in total. The molecular weight excluding hydrogens is 485 g/mol. The van der Waals surface area contributed by atoms with Gasteiger partial charge in [0, 0.05) is 16.0 Å². The first-order valence-corrected chi connectivity index (χ1v) is 11.5. The van der Waals surface area contributed by atoms with Gasteiger partial charge >= 0.3 is 0 Å². The van der Waals surface area contributed by atoms with Crippen molar-refractivity contribution in [1.82, 2.24) is 4.90 Å². The van der Waals surface area contributed by atoms with E-state index in [9.17, 15) is 14.7 Å². The molecule has 0 bridgehead atoms. The van der Waals surface area contributed by atoms with Gasteiger partial charge in [-0.1, -0.05) is 41.4 Å². The van der Waals surface area contributed by atoms with Crippen LogP contribution in [-0.2, 0) is 16.1 Å². The summed E-state index contributed by atoms with van der Waals surface area (Å²) in [6.07, 6.45) is 0. The number of hydrogen-bond acceptors (Lipinski definition) is 6. The van der Waals surface area contributed by atoms with Crippen LogP contribution in [0.1, 0.15) is 22.0 Å². The normalized spacial score (nSPS) is 17.5. The largest absolute Gasteiger partial charge is 0.507 e. The highest BCUT2D eigenvalue weighted by molar-refractivity contribution is 7.09. The Balaban J connectivity index is 1.92. The van der Waals surface area contributed by atoms with Crippen molar-refractivity contribution in [2.75, 3.05) is 14.2 Å². The highest BCUT2D eigenvalue weighted by Crippen LogP contribution is 2.43. The number of aliphatic hydroxyl groups is 1. The summed E-state index contributed by atoms with van der Waals surface area (Å²) in [5.41, 5.74) is 0.769. The van der Waals surface area contributed by atoms with Crippen LogP contribution in [0.5, 0.6) is 11.5 Å². The van der Waals surface area contributed by atoms with Crippen molar-refractivity contribution in [2.45, 2.75) is 12.6 Å². The van der Waals surface area contributed by atoms with Gasteiger partial charge < -0.3 is 19.5 Å². The third-order valence-electron chi connectivity index (χ3n) is 5.36. The van der Waals surface area contributed by atoms with E-state index in [1.165, 1.54) is 42.6 Å². The molecule has 1 aliphatic heterocycles. The number of carbonyl (C=O) groups excluding carboxylic acids is 2. The number of hydrogen-bond donors (Lipinski definition) is 1. The van der Waals surface area contributed by atoms with E-state index in [0.717, 1.165) is 4.88 Å². The molecular formula is C24H19Cl2NO5S. The van der Waals surface area contributed by atoms with Crippen molar-refractivity contribution in [3.05, 3.63) is 85.5 Å². The molecule has 0 aliphatic carbocycles. The number of ether oxygens (including phenoxy) is 2. The summed E-state index contributed by atoms with van der Waals surface area (Å²) in [6.45, 7) is 0.216. The zero-order chi connectivity index (χ0) is 23.7. The van der Waals surface area contributed by atoms with Gasteiger partial charge in [0.1, 0.15) is 17.3 Å². The molecule has 1 amide bonds. The Morgan fingerprint density at radius 1 is 1.06 bits per heavy atom. The van der Waals surface area contributed by atoms with E-state index in [4.69, 9.17) is 32.7 Å². The van der Waals surface area contributed by atoms with Crippen molar-refractivity contribution in [3.63, 3.8) is 0 Å². The minimum atomic E-state index is -0.823. The number of Topliss-reactive ketones (excluding diaryl/α,β-unsaturated/α-hetero) is 1. The van der Waals surface area contributed by atoms with Gasteiger partial charge in [0.05, 0.1) is 43.0 Å². The molecule has 33 heavy (non-hydrogen) atoms. The average molecular weight is 504 g/mol. The molecule has 1 saturated heterocycles. The lowest BCUT2D eigenvalue weighted by molar-refractivity contribution is -0.140. The maximum absolute atomic E-state index is 13.2. The number of carbonyl (C=O) groups is 2. The highest BCUT2D eigenvalue weighted by Gasteiger charge is 2.46. The summed E-state index contributed by atoms with van der Waals surface area (Å²) in [6, 6.07) is 12.7. The van der Waals surface area contributed by atoms with E-state index in [2.05, 4.69) is 0 Å². The van der Waals surface area contributed by atoms with Crippen LogP contribution in [0, 0.1) is 0 Å². The summed E-state index contributed by atoms with van der Waals surface area (Å²) in [4.78, 5) is 28.6. The predicted octanol–water partition coefficient (Wildman–Crippen LogP) is 5.69. The predicted molar refractivity (Wildman–Crippen MR) is 128 cm³/mol. The first-order chi connectivity index (χ1) is 15.8. The first kappa shape index (κ1) is 23.2. The fraction of sp³-hybridized carbons (Fsp3) is 0.167.